The van der Waals surface area contributed by atoms with Crippen molar-refractivity contribution in [2.45, 2.75) is 24.8 Å². The summed E-state index contributed by atoms with van der Waals surface area (Å²) in [5.74, 6) is -0.996. The predicted molar refractivity (Wildman–Crippen MR) is 108 cm³/mol. The fourth-order valence-electron chi connectivity index (χ4n) is 3.81. The van der Waals surface area contributed by atoms with Gasteiger partial charge in [-0.15, -0.1) is 0 Å². The van der Waals surface area contributed by atoms with Crippen LogP contribution < -0.4 is 4.90 Å². The van der Waals surface area contributed by atoms with Crippen LogP contribution in [0.2, 0.25) is 0 Å². The van der Waals surface area contributed by atoms with Crippen LogP contribution in [-0.4, -0.2) is 54.4 Å². The molecule has 148 valence electrons. The Kier molecular flexibility index (Phi) is 6.31. The number of nitrogens with zero attached hydrogens (tertiary/aromatic N) is 2. The third-order valence-corrected chi connectivity index (χ3v) is 5.44. The van der Waals surface area contributed by atoms with Crippen molar-refractivity contribution < 1.29 is 19.4 Å². The third-order valence-electron chi connectivity index (χ3n) is 5.44. The first-order valence-electron chi connectivity index (χ1n) is 9.50. The van der Waals surface area contributed by atoms with Gasteiger partial charge >= 0.3 is 12.1 Å². The molecular formula is C22H26N2O4. The Morgan fingerprint density at radius 2 is 1.61 bits per heavy atom. The summed E-state index contributed by atoms with van der Waals surface area (Å²) in [6.45, 7) is 2.09. The lowest BCUT2D eigenvalue weighted by atomic mass is 9.85. The minimum atomic E-state index is -1.31. The normalized spacial score (nSPS) is 16.3. The Labute approximate surface area is 165 Å². The number of hydrogen-bond acceptors (Lipinski definition) is 4. The molecule has 1 fully saturated rings. The number of hydrogen-bond donors (Lipinski definition) is 1. The van der Waals surface area contributed by atoms with Gasteiger partial charge in [0, 0.05) is 25.3 Å². The summed E-state index contributed by atoms with van der Waals surface area (Å²) in [7, 11) is 1.28. The molecule has 0 aliphatic carbocycles. The average Bonchev–Trinajstić information content (AvgIpc) is 2.74. The maximum Gasteiger partial charge on any atom is 0.415 e. The zero-order valence-electron chi connectivity index (χ0n) is 16.1. The fraction of sp³-hybridized carbons (Fsp3) is 0.364. The van der Waals surface area contributed by atoms with Crippen molar-refractivity contribution in [2.24, 2.45) is 0 Å². The topological polar surface area (TPSA) is 70.1 Å². The predicted octanol–water partition coefficient (Wildman–Crippen LogP) is 3.42. The van der Waals surface area contributed by atoms with Crippen molar-refractivity contribution in [1.82, 2.24) is 4.90 Å². The molecule has 0 aromatic heterocycles. The number of anilines is 1. The molecule has 3 rings (SSSR count). The molecule has 0 atom stereocenters. The zero-order valence-corrected chi connectivity index (χ0v) is 16.1. The summed E-state index contributed by atoms with van der Waals surface area (Å²) in [6, 6.07) is 19.1. The van der Waals surface area contributed by atoms with Crippen LogP contribution in [0.4, 0.5) is 10.5 Å². The summed E-state index contributed by atoms with van der Waals surface area (Å²) < 4.78 is 4.94. The maximum absolute atomic E-state index is 12.5. The van der Waals surface area contributed by atoms with E-state index in [0.717, 1.165) is 13.0 Å². The Bertz CT molecular complexity index is 787. The number of methoxy groups -OCH3 is 1. The first-order chi connectivity index (χ1) is 13.6. The highest BCUT2D eigenvalue weighted by Crippen LogP contribution is 2.34. The number of piperidine rings is 1. The highest BCUT2D eigenvalue weighted by Gasteiger charge is 2.50. The van der Waals surface area contributed by atoms with Gasteiger partial charge in [-0.05, 0) is 37.0 Å². The van der Waals surface area contributed by atoms with Gasteiger partial charge in [0.25, 0.3) is 0 Å². The molecule has 1 heterocycles. The number of likely N-dealkylation sites (tertiary alicyclic amines) is 1. The van der Waals surface area contributed by atoms with E-state index in [0.29, 0.717) is 31.6 Å². The summed E-state index contributed by atoms with van der Waals surface area (Å²) >= 11 is 0. The monoisotopic (exact) mass is 382 g/mol. The summed E-state index contributed by atoms with van der Waals surface area (Å²) in [6.07, 6.45) is 0.967. The number of ether oxygens (including phenoxy) is 1. The molecule has 2 aromatic rings. The van der Waals surface area contributed by atoms with Gasteiger partial charge in [0.1, 0.15) is 0 Å². The highest BCUT2D eigenvalue weighted by molar-refractivity contribution is 5.98. The molecule has 1 amide bonds. The second kappa shape index (κ2) is 8.89. The second-order valence-corrected chi connectivity index (χ2v) is 7.05. The number of aliphatic carboxylic acids is 1. The molecule has 1 aliphatic heterocycles. The molecule has 1 saturated heterocycles. The van der Waals surface area contributed by atoms with E-state index in [1.54, 1.807) is 24.3 Å². The number of carboxylic acids is 1. The van der Waals surface area contributed by atoms with E-state index in [-0.39, 0.29) is 0 Å². The Morgan fingerprint density at radius 1 is 1.04 bits per heavy atom. The van der Waals surface area contributed by atoms with E-state index in [9.17, 15) is 14.7 Å². The van der Waals surface area contributed by atoms with Crippen molar-refractivity contribution in [1.29, 1.82) is 0 Å². The van der Waals surface area contributed by atoms with Crippen molar-refractivity contribution in [2.75, 3.05) is 31.6 Å². The first kappa shape index (κ1) is 19.9. The third kappa shape index (κ3) is 4.17. The van der Waals surface area contributed by atoms with Crippen LogP contribution in [-0.2, 0) is 16.0 Å². The van der Waals surface area contributed by atoms with Crippen LogP contribution in [0.1, 0.15) is 18.4 Å². The van der Waals surface area contributed by atoms with Crippen LogP contribution >= 0.6 is 0 Å². The lowest BCUT2D eigenvalue weighted by Gasteiger charge is -2.45. The molecule has 28 heavy (non-hydrogen) atoms. The zero-order chi connectivity index (χ0) is 20.0. The molecule has 1 N–H and O–H groups in total. The smallest absolute Gasteiger partial charge is 0.415 e. The largest absolute Gasteiger partial charge is 0.479 e. The first-order valence-corrected chi connectivity index (χ1v) is 9.50. The SMILES string of the molecule is COC(=O)N(c1ccccc1)C1(C(=O)O)CCN(CCc2ccccc2)CC1. The van der Waals surface area contributed by atoms with E-state index in [1.807, 2.05) is 24.3 Å². The summed E-state index contributed by atoms with van der Waals surface area (Å²) in [4.78, 5) is 28.4. The molecule has 1 aliphatic rings. The molecular weight excluding hydrogens is 356 g/mol. The number of carboxylic acid groups (broad SMARTS) is 1. The van der Waals surface area contributed by atoms with Gasteiger partial charge in [0.05, 0.1) is 7.11 Å². The maximum atomic E-state index is 12.5. The number of rotatable bonds is 6. The minimum Gasteiger partial charge on any atom is -0.479 e. The lowest BCUT2D eigenvalue weighted by Crippen LogP contribution is -2.62. The van der Waals surface area contributed by atoms with Crippen molar-refractivity contribution in [3.05, 3.63) is 66.2 Å². The summed E-state index contributed by atoms with van der Waals surface area (Å²) in [5, 5.41) is 10.1. The van der Waals surface area contributed by atoms with Crippen LogP contribution in [0.3, 0.4) is 0 Å². The van der Waals surface area contributed by atoms with E-state index >= 15 is 0 Å². The van der Waals surface area contributed by atoms with Gasteiger partial charge in [-0.3, -0.25) is 4.90 Å². The minimum absolute atomic E-state index is 0.348. The van der Waals surface area contributed by atoms with Crippen molar-refractivity contribution >= 4 is 17.7 Å². The van der Waals surface area contributed by atoms with Crippen molar-refractivity contribution in [3.8, 4) is 0 Å². The quantitative estimate of drug-likeness (QED) is 0.829. The number of para-hydroxylation sites is 1. The number of amides is 1. The van der Waals surface area contributed by atoms with Crippen LogP contribution in [0.25, 0.3) is 0 Å². The van der Waals surface area contributed by atoms with Crippen molar-refractivity contribution in [3.63, 3.8) is 0 Å². The Hall–Kier alpha value is -2.86. The highest BCUT2D eigenvalue weighted by atomic mass is 16.5. The number of carbonyl (C=O) groups is 2. The molecule has 2 aromatic carbocycles. The van der Waals surface area contributed by atoms with Gasteiger partial charge < -0.3 is 14.7 Å². The second-order valence-electron chi connectivity index (χ2n) is 7.05. The van der Waals surface area contributed by atoms with Gasteiger partial charge in [-0.25, -0.2) is 9.59 Å². The Morgan fingerprint density at radius 3 is 2.14 bits per heavy atom. The molecule has 0 bridgehead atoms. The van der Waals surface area contributed by atoms with E-state index in [1.165, 1.54) is 17.6 Å². The van der Waals surface area contributed by atoms with Gasteiger partial charge in [0.2, 0.25) is 0 Å². The standard InChI is InChI=1S/C22H26N2O4/c1-28-21(27)24(19-10-6-3-7-11-19)22(20(25)26)13-16-23(17-14-22)15-12-18-8-4-2-5-9-18/h2-11H,12-17H2,1H3,(H,25,26). The molecule has 0 unspecified atom stereocenters. The molecule has 0 saturated carbocycles. The molecule has 6 nitrogen and oxygen atoms in total. The van der Waals surface area contributed by atoms with E-state index in [4.69, 9.17) is 4.74 Å². The molecule has 0 spiro atoms. The van der Waals surface area contributed by atoms with Gasteiger partial charge in [-0.2, -0.15) is 0 Å². The Balaban J connectivity index is 1.75. The molecule has 6 heteroatoms. The summed E-state index contributed by atoms with van der Waals surface area (Å²) in [5.41, 5.74) is 0.491. The van der Waals surface area contributed by atoms with Crippen LogP contribution in [0.15, 0.2) is 60.7 Å². The fourth-order valence-corrected chi connectivity index (χ4v) is 3.81. The van der Waals surface area contributed by atoms with Crippen LogP contribution in [0.5, 0.6) is 0 Å². The average molecular weight is 382 g/mol. The number of benzene rings is 2. The van der Waals surface area contributed by atoms with Crippen LogP contribution in [0, 0.1) is 0 Å². The lowest BCUT2D eigenvalue weighted by molar-refractivity contribution is -0.145. The van der Waals surface area contributed by atoms with E-state index < -0.39 is 17.6 Å². The van der Waals surface area contributed by atoms with Gasteiger partial charge in [0.15, 0.2) is 5.54 Å². The molecule has 0 radical (unpaired) electrons. The number of carbonyl (C=O) groups excluding carboxylic acids is 1. The van der Waals surface area contributed by atoms with Gasteiger partial charge in [-0.1, -0.05) is 48.5 Å². The van der Waals surface area contributed by atoms with E-state index in [2.05, 4.69) is 17.0 Å².